The van der Waals surface area contributed by atoms with Crippen LogP contribution < -0.4 is 5.32 Å². The highest BCUT2D eigenvalue weighted by Gasteiger charge is 2.28. The average molecular weight is 305 g/mol. The van der Waals surface area contributed by atoms with E-state index in [9.17, 15) is 4.79 Å². The van der Waals surface area contributed by atoms with Gasteiger partial charge >= 0.3 is 0 Å². The molecule has 2 aliphatic heterocycles. The highest BCUT2D eigenvalue weighted by atomic mass is 16.5. The van der Waals surface area contributed by atoms with E-state index >= 15 is 0 Å². The maximum Gasteiger partial charge on any atom is 0.249 e. The molecular formula is C16H23N3O3. The molecule has 1 atom stereocenters. The summed E-state index contributed by atoms with van der Waals surface area (Å²) in [5.74, 6) is 0.0573. The number of hydrogen-bond donors (Lipinski definition) is 1. The Morgan fingerprint density at radius 2 is 2.32 bits per heavy atom. The molecule has 0 aromatic carbocycles. The van der Waals surface area contributed by atoms with Crippen LogP contribution in [0.15, 0.2) is 24.5 Å². The Hall–Kier alpha value is -1.50. The molecule has 1 aromatic heterocycles. The molecule has 0 aliphatic carbocycles. The minimum Gasteiger partial charge on any atom is -0.381 e. The lowest BCUT2D eigenvalue weighted by Gasteiger charge is -2.36. The van der Waals surface area contributed by atoms with Gasteiger partial charge in [0.05, 0.1) is 12.1 Å². The first-order chi connectivity index (χ1) is 10.8. The maximum absolute atomic E-state index is 12.5. The third kappa shape index (κ3) is 3.82. The molecule has 0 bridgehead atoms. The smallest absolute Gasteiger partial charge is 0.249 e. The molecule has 1 amide bonds. The van der Waals surface area contributed by atoms with Crippen LogP contribution in [0.2, 0.25) is 0 Å². The van der Waals surface area contributed by atoms with Crippen LogP contribution in [0.3, 0.4) is 0 Å². The van der Waals surface area contributed by atoms with Crippen molar-refractivity contribution < 1.29 is 14.3 Å². The Morgan fingerprint density at radius 3 is 3.09 bits per heavy atom. The van der Waals surface area contributed by atoms with Gasteiger partial charge < -0.3 is 19.7 Å². The summed E-state index contributed by atoms with van der Waals surface area (Å²) in [4.78, 5) is 18.6. The summed E-state index contributed by atoms with van der Waals surface area (Å²) in [5, 5.41) is 3.34. The lowest BCUT2D eigenvalue weighted by Crippen LogP contribution is -2.50. The van der Waals surface area contributed by atoms with Crippen molar-refractivity contribution in [1.82, 2.24) is 15.2 Å². The number of ether oxygens (including phenoxy) is 2. The van der Waals surface area contributed by atoms with Crippen LogP contribution in [-0.4, -0.2) is 61.3 Å². The van der Waals surface area contributed by atoms with Crippen LogP contribution in [0.1, 0.15) is 24.4 Å². The van der Waals surface area contributed by atoms with Crippen molar-refractivity contribution in [3.05, 3.63) is 30.1 Å². The first kappa shape index (κ1) is 15.4. The highest BCUT2D eigenvalue weighted by Crippen LogP contribution is 2.22. The summed E-state index contributed by atoms with van der Waals surface area (Å²) in [7, 11) is 0. The standard InChI is InChI=1S/C16H23N3O3/c20-16(12-22-14-3-8-21-9-4-14)19-7-6-18-11-15(19)13-2-1-5-17-10-13/h1-2,5,10,14-15,18H,3-4,6-9,11-12H2. The van der Waals surface area contributed by atoms with Gasteiger partial charge in [0.2, 0.25) is 5.91 Å². The van der Waals surface area contributed by atoms with E-state index < -0.39 is 0 Å². The Labute approximate surface area is 130 Å². The SMILES string of the molecule is O=C(COC1CCOCC1)N1CCNCC1c1cccnc1. The van der Waals surface area contributed by atoms with Crippen LogP contribution in [0.5, 0.6) is 0 Å². The maximum atomic E-state index is 12.5. The molecule has 2 aliphatic rings. The fourth-order valence-corrected chi connectivity index (χ4v) is 2.99. The van der Waals surface area contributed by atoms with E-state index in [0.717, 1.165) is 44.7 Å². The molecular weight excluding hydrogens is 282 g/mol. The van der Waals surface area contributed by atoms with Gasteiger partial charge in [-0.1, -0.05) is 6.07 Å². The van der Waals surface area contributed by atoms with Crippen molar-refractivity contribution in [2.45, 2.75) is 25.0 Å². The van der Waals surface area contributed by atoms with Gasteiger partial charge in [-0.2, -0.15) is 0 Å². The molecule has 2 saturated heterocycles. The van der Waals surface area contributed by atoms with Gasteiger partial charge in [-0.15, -0.1) is 0 Å². The molecule has 3 rings (SSSR count). The summed E-state index contributed by atoms with van der Waals surface area (Å²) in [5.41, 5.74) is 1.06. The minimum atomic E-state index is 0.0354. The molecule has 120 valence electrons. The van der Waals surface area contributed by atoms with Gasteiger partial charge in [0.1, 0.15) is 6.61 Å². The van der Waals surface area contributed by atoms with Crippen molar-refractivity contribution in [2.75, 3.05) is 39.5 Å². The fourth-order valence-electron chi connectivity index (χ4n) is 2.99. The zero-order chi connectivity index (χ0) is 15.2. The van der Waals surface area contributed by atoms with E-state index in [1.807, 2.05) is 23.2 Å². The van der Waals surface area contributed by atoms with E-state index in [0.29, 0.717) is 6.54 Å². The quantitative estimate of drug-likeness (QED) is 0.889. The number of pyridine rings is 1. The molecule has 1 N–H and O–H groups in total. The van der Waals surface area contributed by atoms with Crippen molar-refractivity contribution in [3.63, 3.8) is 0 Å². The number of nitrogens with one attached hydrogen (secondary N) is 1. The first-order valence-corrected chi connectivity index (χ1v) is 7.94. The topological polar surface area (TPSA) is 63.7 Å². The molecule has 3 heterocycles. The Morgan fingerprint density at radius 1 is 1.45 bits per heavy atom. The van der Waals surface area contributed by atoms with Crippen LogP contribution in [0.25, 0.3) is 0 Å². The molecule has 0 radical (unpaired) electrons. The van der Waals surface area contributed by atoms with Crippen LogP contribution in [-0.2, 0) is 14.3 Å². The minimum absolute atomic E-state index is 0.0354. The average Bonchev–Trinajstić information content (AvgIpc) is 2.61. The number of amides is 1. The summed E-state index contributed by atoms with van der Waals surface area (Å²) in [6.45, 7) is 3.89. The normalized spacial score (nSPS) is 23.5. The van der Waals surface area contributed by atoms with Gasteiger partial charge in [-0.3, -0.25) is 9.78 Å². The summed E-state index contributed by atoms with van der Waals surface area (Å²) in [6, 6.07) is 3.96. The van der Waals surface area contributed by atoms with Gasteiger partial charge in [-0.25, -0.2) is 0 Å². The van der Waals surface area contributed by atoms with E-state index in [4.69, 9.17) is 9.47 Å². The number of carbonyl (C=O) groups excluding carboxylic acids is 1. The Bertz CT molecular complexity index is 477. The number of rotatable bonds is 4. The lowest BCUT2D eigenvalue weighted by atomic mass is 10.1. The molecule has 1 unspecified atom stereocenters. The number of nitrogens with zero attached hydrogens (tertiary/aromatic N) is 2. The second-order valence-corrected chi connectivity index (χ2v) is 5.72. The van der Waals surface area contributed by atoms with Crippen molar-refractivity contribution >= 4 is 5.91 Å². The van der Waals surface area contributed by atoms with Crippen LogP contribution >= 0.6 is 0 Å². The molecule has 22 heavy (non-hydrogen) atoms. The molecule has 2 fully saturated rings. The second-order valence-electron chi connectivity index (χ2n) is 5.72. The fraction of sp³-hybridized carbons (Fsp3) is 0.625. The summed E-state index contributed by atoms with van der Waals surface area (Å²) < 4.78 is 11.1. The number of hydrogen-bond acceptors (Lipinski definition) is 5. The second kappa shape index (κ2) is 7.67. The third-order valence-corrected chi connectivity index (χ3v) is 4.24. The Kier molecular flexibility index (Phi) is 5.37. The summed E-state index contributed by atoms with van der Waals surface area (Å²) in [6.07, 6.45) is 5.48. The van der Waals surface area contributed by atoms with E-state index in [1.54, 1.807) is 6.20 Å². The van der Waals surface area contributed by atoms with Gasteiger partial charge in [0.25, 0.3) is 0 Å². The van der Waals surface area contributed by atoms with E-state index in [-0.39, 0.29) is 24.7 Å². The summed E-state index contributed by atoms with van der Waals surface area (Å²) >= 11 is 0. The largest absolute Gasteiger partial charge is 0.381 e. The van der Waals surface area contributed by atoms with Gasteiger partial charge in [-0.05, 0) is 24.5 Å². The highest BCUT2D eigenvalue weighted by molar-refractivity contribution is 5.78. The number of piperazine rings is 1. The molecule has 0 spiro atoms. The van der Waals surface area contributed by atoms with E-state index in [2.05, 4.69) is 10.3 Å². The van der Waals surface area contributed by atoms with Crippen LogP contribution in [0.4, 0.5) is 0 Å². The molecule has 6 nitrogen and oxygen atoms in total. The van der Waals surface area contributed by atoms with Gasteiger partial charge in [0.15, 0.2) is 0 Å². The number of aromatic nitrogens is 1. The Balaban J connectivity index is 1.59. The van der Waals surface area contributed by atoms with Crippen molar-refractivity contribution in [1.29, 1.82) is 0 Å². The molecule has 6 heteroatoms. The predicted octanol–water partition coefficient (Wildman–Crippen LogP) is 0.750. The number of carbonyl (C=O) groups is 1. The zero-order valence-corrected chi connectivity index (χ0v) is 12.7. The first-order valence-electron chi connectivity index (χ1n) is 7.94. The van der Waals surface area contributed by atoms with Crippen molar-refractivity contribution in [3.8, 4) is 0 Å². The monoisotopic (exact) mass is 305 g/mol. The van der Waals surface area contributed by atoms with Gasteiger partial charge in [0, 0.05) is 45.2 Å². The van der Waals surface area contributed by atoms with Crippen LogP contribution in [0, 0.1) is 0 Å². The molecule has 1 aromatic rings. The molecule has 0 saturated carbocycles. The predicted molar refractivity (Wildman–Crippen MR) is 81.4 cm³/mol. The van der Waals surface area contributed by atoms with E-state index in [1.165, 1.54) is 0 Å². The van der Waals surface area contributed by atoms with Crippen molar-refractivity contribution in [2.24, 2.45) is 0 Å². The lowest BCUT2D eigenvalue weighted by molar-refractivity contribution is -0.143. The zero-order valence-electron chi connectivity index (χ0n) is 12.7. The third-order valence-electron chi connectivity index (χ3n) is 4.24.